The molecular formula is C19H18FN3O2. The van der Waals surface area contributed by atoms with Crippen LogP contribution < -0.4 is 0 Å². The van der Waals surface area contributed by atoms with E-state index in [1.807, 2.05) is 15.7 Å². The SMILES string of the molecule is O=C(c1ccc(-c2ccc(F)cc2)o1)N1CCC[C@@H](n2ccnc2)C1. The molecule has 3 heterocycles. The number of benzene rings is 1. The second-order valence-corrected chi connectivity index (χ2v) is 6.23. The number of nitrogens with zero attached hydrogens (tertiary/aromatic N) is 3. The van der Waals surface area contributed by atoms with E-state index in [1.165, 1.54) is 12.1 Å². The third-order valence-corrected chi connectivity index (χ3v) is 4.58. The van der Waals surface area contributed by atoms with Gasteiger partial charge >= 0.3 is 0 Å². The van der Waals surface area contributed by atoms with Crippen LogP contribution >= 0.6 is 0 Å². The van der Waals surface area contributed by atoms with Crippen LogP contribution in [-0.4, -0.2) is 33.4 Å². The van der Waals surface area contributed by atoms with Crippen LogP contribution in [0.25, 0.3) is 11.3 Å². The molecule has 0 N–H and O–H groups in total. The van der Waals surface area contributed by atoms with Gasteiger partial charge in [0.1, 0.15) is 11.6 Å². The summed E-state index contributed by atoms with van der Waals surface area (Å²) in [6.07, 6.45) is 7.44. The first-order valence-electron chi connectivity index (χ1n) is 8.33. The van der Waals surface area contributed by atoms with Crippen LogP contribution in [-0.2, 0) is 0 Å². The molecule has 0 radical (unpaired) electrons. The van der Waals surface area contributed by atoms with Gasteiger partial charge in [-0.25, -0.2) is 9.37 Å². The minimum atomic E-state index is -0.300. The molecule has 0 spiro atoms. The first-order chi connectivity index (χ1) is 12.2. The topological polar surface area (TPSA) is 51.3 Å². The van der Waals surface area contributed by atoms with Crippen molar-refractivity contribution in [3.8, 4) is 11.3 Å². The zero-order valence-electron chi connectivity index (χ0n) is 13.6. The van der Waals surface area contributed by atoms with E-state index < -0.39 is 0 Å². The molecule has 4 rings (SSSR count). The Bertz CT molecular complexity index is 855. The maximum atomic E-state index is 13.0. The van der Waals surface area contributed by atoms with E-state index >= 15 is 0 Å². The lowest BCUT2D eigenvalue weighted by atomic mass is 10.1. The minimum absolute atomic E-state index is 0.113. The van der Waals surface area contributed by atoms with Crippen LogP contribution in [0.5, 0.6) is 0 Å². The van der Waals surface area contributed by atoms with E-state index in [4.69, 9.17) is 4.42 Å². The normalized spacial score (nSPS) is 17.6. The summed E-state index contributed by atoms with van der Waals surface area (Å²) < 4.78 is 20.8. The van der Waals surface area contributed by atoms with Gasteiger partial charge in [0.15, 0.2) is 5.76 Å². The fourth-order valence-electron chi connectivity index (χ4n) is 3.25. The third-order valence-electron chi connectivity index (χ3n) is 4.58. The number of amides is 1. The molecule has 3 aromatic rings. The summed E-state index contributed by atoms with van der Waals surface area (Å²) in [5.74, 6) is 0.459. The highest BCUT2D eigenvalue weighted by Gasteiger charge is 2.27. The van der Waals surface area contributed by atoms with Gasteiger partial charge in [-0.05, 0) is 49.2 Å². The van der Waals surface area contributed by atoms with Crippen LogP contribution in [0.15, 0.2) is 59.5 Å². The predicted molar refractivity (Wildman–Crippen MR) is 90.5 cm³/mol. The van der Waals surface area contributed by atoms with Crippen molar-refractivity contribution in [1.82, 2.24) is 14.5 Å². The van der Waals surface area contributed by atoms with Crippen molar-refractivity contribution in [1.29, 1.82) is 0 Å². The maximum absolute atomic E-state index is 13.0. The molecule has 1 amide bonds. The summed E-state index contributed by atoms with van der Waals surface area (Å²) in [5.41, 5.74) is 0.746. The van der Waals surface area contributed by atoms with Crippen LogP contribution in [0.3, 0.4) is 0 Å². The first kappa shape index (κ1) is 15.6. The summed E-state index contributed by atoms with van der Waals surface area (Å²) >= 11 is 0. The number of furan rings is 1. The zero-order valence-corrected chi connectivity index (χ0v) is 13.6. The highest BCUT2D eigenvalue weighted by Crippen LogP contribution is 2.26. The number of carbonyl (C=O) groups excluding carboxylic acids is 1. The summed E-state index contributed by atoms with van der Waals surface area (Å²) in [5, 5.41) is 0. The van der Waals surface area contributed by atoms with Gasteiger partial charge in [0, 0.05) is 31.0 Å². The van der Waals surface area contributed by atoms with E-state index in [9.17, 15) is 9.18 Å². The van der Waals surface area contributed by atoms with Gasteiger partial charge in [-0.3, -0.25) is 4.79 Å². The number of aromatic nitrogens is 2. The summed E-state index contributed by atoms with van der Waals surface area (Å²) in [4.78, 5) is 18.7. The first-order valence-corrected chi connectivity index (χ1v) is 8.33. The highest BCUT2D eigenvalue weighted by atomic mass is 19.1. The van der Waals surface area contributed by atoms with Crippen LogP contribution in [0.2, 0.25) is 0 Å². The predicted octanol–water partition coefficient (Wildman–Crippen LogP) is 3.76. The van der Waals surface area contributed by atoms with E-state index in [1.54, 1.807) is 36.8 Å². The average Bonchev–Trinajstić information content (AvgIpc) is 3.34. The summed E-state index contributed by atoms with van der Waals surface area (Å²) in [6.45, 7) is 1.36. The second-order valence-electron chi connectivity index (χ2n) is 6.23. The Kier molecular flexibility index (Phi) is 4.09. The van der Waals surface area contributed by atoms with Crippen molar-refractivity contribution in [2.24, 2.45) is 0 Å². The van der Waals surface area contributed by atoms with Gasteiger partial charge in [-0.2, -0.15) is 0 Å². The van der Waals surface area contributed by atoms with E-state index in [-0.39, 0.29) is 17.8 Å². The molecule has 0 saturated carbocycles. The molecule has 1 atom stereocenters. The molecule has 1 aromatic carbocycles. The number of hydrogen-bond acceptors (Lipinski definition) is 3. The van der Waals surface area contributed by atoms with Crippen LogP contribution in [0.1, 0.15) is 29.4 Å². The zero-order chi connectivity index (χ0) is 17.2. The quantitative estimate of drug-likeness (QED) is 0.730. The van der Waals surface area contributed by atoms with Crippen molar-refractivity contribution < 1.29 is 13.6 Å². The Morgan fingerprint density at radius 1 is 1.20 bits per heavy atom. The lowest BCUT2D eigenvalue weighted by Crippen LogP contribution is -2.40. The molecule has 1 fully saturated rings. The maximum Gasteiger partial charge on any atom is 0.289 e. The van der Waals surface area contributed by atoms with Gasteiger partial charge < -0.3 is 13.9 Å². The summed E-state index contributed by atoms with van der Waals surface area (Å²) in [7, 11) is 0. The number of carbonyl (C=O) groups is 1. The third kappa shape index (κ3) is 3.20. The van der Waals surface area contributed by atoms with Crippen molar-refractivity contribution in [2.45, 2.75) is 18.9 Å². The minimum Gasteiger partial charge on any atom is -0.451 e. The Labute approximate surface area is 144 Å². The number of imidazole rings is 1. The van der Waals surface area contributed by atoms with Crippen molar-refractivity contribution in [3.05, 3.63) is 66.7 Å². The number of hydrogen-bond donors (Lipinski definition) is 0. The number of piperidine rings is 1. The fourth-order valence-corrected chi connectivity index (χ4v) is 3.25. The highest BCUT2D eigenvalue weighted by molar-refractivity contribution is 5.92. The fraction of sp³-hybridized carbons (Fsp3) is 0.263. The van der Waals surface area contributed by atoms with E-state index in [0.717, 1.165) is 24.9 Å². The van der Waals surface area contributed by atoms with Crippen LogP contribution in [0, 0.1) is 5.82 Å². The second kappa shape index (κ2) is 6.55. The Morgan fingerprint density at radius 2 is 2.04 bits per heavy atom. The smallest absolute Gasteiger partial charge is 0.289 e. The van der Waals surface area contributed by atoms with Crippen LogP contribution in [0.4, 0.5) is 4.39 Å². The number of likely N-dealkylation sites (tertiary alicyclic amines) is 1. The van der Waals surface area contributed by atoms with Gasteiger partial charge in [-0.1, -0.05) is 0 Å². The molecule has 1 saturated heterocycles. The van der Waals surface area contributed by atoms with E-state index in [2.05, 4.69) is 4.98 Å². The molecule has 0 bridgehead atoms. The Balaban J connectivity index is 1.50. The molecule has 25 heavy (non-hydrogen) atoms. The molecule has 0 unspecified atom stereocenters. The molecule has 5 nitrogen and oxygen atoms in total. The van der Waals surface area contributed by atoms with Gasteiger partial charge in [-0.15, -0.1) is 0 Å². The largest absolute Gasteiger partial charge is 0.451 e. The lowest BCUT2D eigenvalue weighted by Gasteiger charge is -2.32. The van der Waals surface area contributed by atoms with Crippen molar-refractivity contribution >= 4 is 5.91 Å². The van der Waals surface area contributed by atoms with Gasteiger partial charge in [0.2, 0.25) is 0 Å². The molecule has 128 valence electrons. The van der Waals surface area contributed by atoms with Gasteiger partial charge in [0.25, 0.3) is 5.91 Å². The lowest BCUT2D eigenvalue weighted by molar-refractivity contribution is 0.0648. The standard InChI is InChI=1S/C19H18FN3O2/c20-15-5-3-14(4-6-15)17-7-8-18(25-17)19(24)22-10-1-2-16(12-22)23-11-9-21-13-23/h3-9,11,13,16H,1-2,10,12H2/t16-/m1/s1. The molecule has 1 aliphatic heterocycles. The molecule has 2 aromatic heterocycles. The average molecular weight is 339 g/mol. The molecule has 1 aliphatic rings. The van der Waals surface area contributed by atoms with Gasteiger partial charge in [0.05, 0.1) is 12.4 Å². The Hall–Kier alpha value is -2.89. The number of rotatable bonds is 3. The molecule has 0 aliphatic carbocycles. The summed E-state index contributed by atoms with van der Waals surface area (Å²) in [6, 6.07) is 9.70. The van der Waals surface area contributed by atoms with Crippen molar-refractivity contribution in [3.63, 3.8) is 0 Å². The number of halogens is 1. The Morgan fingerprint density at radius 3 is 2.80 bits per heavy atom. The monoisotopic (exact) mass is 339 g/mol. The van der Waals surface area contributed by atoms with E-state index in [0.29, 0.717) is 18.1 Å². The van der Waals surface area contributed by atoms with Crippen molar-refractivity contribution in [2.75, 3.05) is 13.1 Å². The molecule has 6 heteroatoms. The molecular weight excluding hydrogens is 321 g/mol.